The Morgan fingerprint density at radius 2 is 1.81 bits per heavy atom. The average molecular weight is 370 g/mol. The van der Waals surface area contributed by atoms with Crippen LogP contribution >= 0.6 is 0 Å². The fourth-order valence-corrected chi connectivity index (χ4v) is 4.05. The van der Waals surface area contributed by atoms with Crippen molar-refractivity contribution in [3.05, 3.63) is 65.5 Å². The predicted molar refractivity (Wildman–Crippen MR) is 104 cm³/mol. The number of benzene rings is 2. The summed E-state index contributed by atoms with van der Waals surface area (Å²) in [5, 5.41) is 10.3. The number of aryl methyl sites for hydroxylation is 2. The zero-order chi connectivity index (χ0) is 18.7. The molecule has 0 aliphatic rings. The lowest BCUT2D eigenvalue weighted by molar-refractivity contribution is 0.601. The Kier molecular flexibility index (Phi) is 5.11. The van der Waals surface area contributed by atoms with Crippen molar-refractivity contribution in [3.63, 3.8) is 0 Å². The van der Waals surface area contributed by atoms with Gasteiger partial charge in [0.05, 0.1) is 16.3 Å². The number of hydrogen-bond acceptors (Lipinski definition) is 4. The van der Waals surface area contributed by atoms with Crippen molar-refractivity contribution in [1.29, 1.82) is 0 Å². The van der Waals surface area contributed by atoms with Crippen molar-refractivity contribution in [1.82, 2.24) is 15.5 Å². The van der Waals surface area contributed by atoms with Crippen LogP contribution in [-0.4, -0.2) is 25.7 Å². The monoisotopic (exact) mass is 370 g/mol. The van der Waals surface area contributed by atoms with Crippen LogP contribution in [0.5, 0.6) is 0 Å². The van der Waals surface area contributed by atoms with E-state index in [0.29, 0.717) is 12.2 Å². The zero-order valence-electron chi connectivity index (χ0n) is 15.0. The topological polar surface area (TPSA) is 86.9 Å². The molecule has 0 aliphatic carbocycles. The minimum atomic E-state index is -3.69. The largest absolute Gasteiger partial charge is 0.316 e. The Morgan fingerprint density at radius 1 is 1.08 bits per heavy atom. The second kappa shape index (κ2) is 7.31. The first-order valence-electron chi connectivity index (χ1n) is 8.29. The summed E-state index contributed by atoms with van der Waals surface area (Å²) >= 11 is 0. The molecule has 2 aromatic carbocycles. The van der Waals surface area contributed by atoms with Gasteiger partial charge in [-0.25, -0.2) is 8.42 Å². The molecule has 0 spiro atoms. The fraction of sp³-hybridized carbons (Fsp3) is 0.211. The number of sulfonamides is 1. The van der Waals surface area contributed by atoms with Gasteiger partial charge in [-0.05, 0) is 44.7 Å². The maximum absolute atomic E-state index is 12.8. The summed E-state index contributed by atoms with van der Waals surface area (Å²) in [7, 11) is -1.83. The molecule has 3 rings (SSSR count). The summed E-state index contributed by atoms with van der Waals surface area (Å²) in [6.07, 6.45) is 0. The van der Waals surface area contributed by atoms with Crippen molar-refractivity contribution in [2.45, 2.75) is 25.3 Å². The van der Waals surface area contributed by atoms with E-state index in [0.717, 1.165) is 28.1 Å². The van der Waals surface area contributed by atoms with E-state index < -0.39 is 10.0 Å². The molecule has 26 heavy (non-hydrogen) atoms. The van der Waals surface area contributed by atoms with Crippen LogP contribution in [0.15, 0.2) is 53.4 Å². The molecule has 0 saturated carbocycles. The van der Waals surface area contributed by atoms with Crippen LogP contribution in [-0.2, 0) is 16.6 Å². The van der Waals surface area contributed by atoms with E-state index in [4.69, 9.17) is 0 Å². The van der Waals surface area contributed by atoms with Crippen LogP contribution in [0.4, 0.5) is 5.69 Å². The summed E-state index contributed by atoms with van der Waals surface area (Å²) in [6, 6.07) is 14.1. The van der Waals surface area contributed by atoms with Crippen LogP contribution in [0.1, 0.15) is 17.0 Å². The van der Waals surface area contributed by atoms with Crippen molar-refractivity contribution in [2.24, 2.45) is 0 Å². The molecule has 0 amide bonds. The van der Waals surface area contributed by atoms with Crippen LogP contribution in [0.3, 0.4) is 0 Å². The molecule has 0 radical (unpaired) electrons. The average Bonchev–Trinajstić information content (AvgIpc) is 2.95. The van der Waals surface area contributed by atoms with Crippen LogP contribution < -0.4 is 10.0 Å². The third-order valence-electron chi connectivity index (χ3n) is 4.16. The van der Waals surface area contributed by atoms with Gasteiger partial charge in [-0.15, -0.1) is 0 Å². The van der Waals surface area contributed by atoms with Gasteiger partial charge in [-0.1, -0.05) is 30.3 Å². The number of anilines is 1. The normalized spacial score (nSPS) is 11.5. The molecule has 3 aromatic rings. The minimum absolute atomic E-state index is 0.227. The maximum atomic E-state index is 12.8. The third-order valence-corrected chi connectivity index (χ3v) is 5.54. The van der Waals surface area contributed by atoms with Gasteiger partial charge < -0.3 is 5.32 Å². The summed E-state index contributed by atoms with van der Waals surface area (Å²) in [5.41, 5.74) is 4.95. The van der Waals surface area contributed by atoms with Gasteiger partial charge in [0, 0.05) is 23.4 Å². The zero-order valence-corrected chi connectivity index (χ0v) is 15.8. The van der Waals surface area contributed by atoms with E-state index in [2.05, 4.69) is 20.2 Å². The standard InChI is InChI=1S/C19H22N4O2S/c1-13-19(14(2)22-21-13)17-10-9-15(12-20-3)11-18(17)23-26(24,25)16-7-5-4-6-8-16/h4-11,20,23H,12H2,1-3H3,(H,21,22). The highest BCUT2D eigenvalue weighted by Gasteiger charge is 2.19. The summed E-state index contributed by atoms with van der Waals surface area (Å²) in [6.45, 7) is 4.46. The molecule has 0 saturated heterocycles. The van der Waals surface area contributed by atoms with E-state index in [1.165, 1.54) is 0 Å². The van der Waals surface area contributed by atoms with E-state index >= 15 is 0 Å². The first kappa shape index (κ1) is 18.2. The molecule has 1 aromatic heterocycles. The number of hydrogen-bond donors (Lipinski definition) is 3. The molecule has 136 valence electrons. The van der Waals surface area contributed by atoms with E-state index in [1.54, 1.807) is 30.3 Å². The van der Waals surface area contributed by atoms with Gasteiger partial charge in [0.1, 0.15) is 0 Å². The summed E-state index contributed by atoms with van der Waals surface area (Å²) in [4.78, 5) is 0.227. The summed E-state index contributed by atoms with van der Waals surface area (Å²) < 4.78 is 28.4. The van der Waals surface area contributed by atoms with Gasteiger partial charge in [-0.3, -0.25) is 9.82 Å². The van der Waals surface area contributed by atoms with Gasteiger partial charge >= 0.3 is 0 Å². The fourth-order valence-electron chi connectivity index (χ4n) is 2.96. The van der Waals surface area contributed by atoms with E-state index in [9.17, 15) is 8.42 Å². The molecule has 0 atom stereocenters. The first-order valence-corrected chi connectivity index (χ1v) is 9.78. The van der Waals surface area contributed by atoms with Crippen molar-refractivity contribution in [2.75, 3.05) is 11.8 Å². The van der Waals surface area contributed by atoms with Gasteiger partial charge in [0.25, 0.3) is 10.0 Å². The molecule has 0 unspecified atom stereocenters. The molecule has 3 N–H and O–H groups in total. The van der Waals surface area contributed by atoms with Gasteiger partial charge in [0.15, 0.2) is 0 Å². The van der Waals surface area contributed by atoms with E-state index in [1.807, 2.05) is 39.1 Å². The Labute approximate surface area is 153 Å². The molecular formula is C19H22N4O2S. The number of H-pyrrole nitrogens is 1. The Balaban J connectivity index is 2.11. The smallest absolute Gasteiger partial charge is 0.261 e. The summed E-state index contributed by atoms with van der Waals surface area (Å²) in [5.74, 6) is 0. The van der Waals surface area contributed by atoms with Gasteiger partial charge in [-0.2, -0.15) is 5.10 Å². The molecule has 0 fully saturated rings. The Bertz CT molecular complexity index is 992. The number of nitrogens with zero attached hydrogens (tertiary/aromatic N) is 1. The molecule has 1 heterocycles. The first-order chi connectivity index (χ1) is 12.4. The lowest BCUT2D eigenvalue weighted by Gasteiger charge is -2.15. The van der Waals surface area contributed by atoms with Crippen molar-refractivity contribution < 1.29 is 8.42 Å². The number of aromatic amines is 1. The molecular weight excluding hydrogens is 348 g/mol. The predicted octanol–water partition coefficient (Wildman–Crippen LogP) is 3.21. The number of aromatic nitrogens is 2. The highest BCUT2D eigenvalue weighted by atomic mass is 32.2. The molecule has 7 heteroatoms. The number of rotatable bonds is 6. The maximum Gasteiger partial charge on any atom is 0.261 e. The quantitative estimate of drug-likeness (QED) is 0.622. The molecule has 0 bridgehead atoms. The molecule has 0 aliphatic heterocycles. The van der Waals surface area contributed by atoms with Crippen LogP contribution in [0.25, 0.3) is 11.1 Å². The highest BCUT2D eigenvalue weighted by molar-refractivity contribution is 7.92. The lowest BCUT2D eigenvalue weighted by atomic mass is 10.00. The van der Waals surface area contributed by atoms with E-state index in [-0.39, 0.29) is 4.90 Å². The minimum Gasteiger partial charge on any atom is -0.316 e. The van der Waals surface area contributed by atoms with Crippen molar-refractivity contribution >= 4 is 15.7 Å². The second-order valence-electron chi connectivity index (χ2n) is 6.14. The Morgan fingerprint density at radius 3 is 2.42 bits per heavy atom. The Hall–Kier alpha value is -2.64. The van der Waals surface area contributed by atoms with Gasteiger partial charge in [0.2, 0.25) is 0 Å². The number of nitrogens with one attached hydrogen (secondary N) is 3. The molecule has 6 nitrogen and oxygen atoms in total. The third kappa shape index (κ3) is 3.63. The second-order valence-corrected chi connectivity index (χ2v) is 7.82. The van der Waals surface area contributed by atoms with Crippen molar-refractivity contribution in [3.8, 4) is 11.1 Å². The highest BCUT2D eigenvalue weighted by Crippen LogP contribution is 2.34. The van der Waals surface area contributed by atoms with Crippen LogP contribution in [0.2, 0.25) is 0 Å². The van der Waals surface area contributed by atoms with Crippen LogP contribution in [0, 0.1) is 13.8 Å². The lowest BCUT2D eigenvalue weighted by Crippen LogP contribution is -2.14. The SMILES string of the molecule is CNCc1ccc(-c2c(C)n[nH]c2C)c(NS(=O)(=O)c2ccccc2)c1.